The van der Waals surface area contributed by atoms with E-state index in [2.05, 4.69) is 41.8 Å². The Morgan fingerprint density at radius 2 is 1.71 bits per heavy atom. The second-order valence-electron chi connectivity index (χ2n) is 7.85. The van der Waals surface area contributed by atoms with Gasteiger partial charge >= 0.3 is 0 Å². The maximum atomic E-state index is 10.4. The number of hydrogen-bond acceptors (Lipinski definition) is 7. The van der Waals surface area contributed by atoms with Gasteiger partial charge in [-0.3, -0.25) is 0 Å². The first-order valence-electron chi connectivity index (χ1n) is 10.1. The predicted molar refractivity (Wildman–Crippen MR) is 128 cm³/mol. The van der Waals surface area contributed by atoms with Crippen LogP contribution in [0.15, 0.2) is 65.3 Å². The number of aromatic nitrogens is 2. The Balaban J connectivity index is 1.59. The Bertz CT molecular complexity index is 965. The van der Waals surface area contributed by atoms with Crippen molar-refractivity contribution in [3.05, 3.63) is 65.3 Å². The molecule has 0 radical (unpaired) electrons. The molecule has 8 heteroatoms. The van der Waals surface area contributed by atoms with Gasteiger partial charge in [0, 0.05) is 30.2 Å². The van der Waals surface area contributed by atoms with E-state index < -0.39 is 5.60 Å². The Labute approximate surface area is 191 Å². The number of aliphatic hydroxyl groups is 1. The van der Waals surface area contributed by atoms with Crippen molar-refractivity contribution < 1.29 is 9.84 Å². The summed E-state index contributed by atoms with van der Waals surface area (Å²) in [6, 6.07) is 17.6. The van der Waals surface area contributed by atoms with Gasteiger partial charge in [-0.1, -0.05) is 32.0 Å². The zero-order chi connectivity index (χ0) is 22.3. The van der Waals surface area contributed by atoms with E-state index in [0.29, 0.717) is 30.1 Å². The monoisotopic (exact) mass is 485 g/mol. The third kappa shape index (κ3) is 7.50. The van der Waals surface area contributed by atoms with Gasteiger partial charge in [0.1, 0.15) is 23.8 Å². The molecule has 164 valence electrons. The second kappa shape index (κ2) is 10.6. The van der Waals surface area contributed by atoms with Crippen molar-refractivity contribution in [2.24, 2.45) is 0 Å². The Hall–Kier alpha value is -2.68. The number of para-hydroxylation sites is 1. The summed E-state index contributed by atoms with van der Waals surface area (Å²) < 4.78 is 6.51. The minimum atomic E-state index is -0.950. The second-order valence-corrected chi connectivity index (χ2v) is 8.71. The summed E-state index contributed by atoms with van der Waals surface area (Å²) >= 11 is 3.48. The molecule has 31 heavy (non-hydrogen) atoms. The molecule has 1 atom stereocenters. The first-order valence-corrected chi connectivity index (χ1v) is 10.9. The highest BCUT2D eigenvalue weighted by Gasteiger charge is 2.21. The van der Waals surface area contributed by atoms with Gasteiger partial charge < -0.3 is 25.8 Å². The number of rotatable bonds is 10. The van der Waals surface area contributed by atoms with Crippen molar-refractivity contribution >= 4 is 39.1 Å². The van der Waals surface area contributed by atoms with E-state index in [1.54, 1.807) is 13.1 Å². The van der Waals surface area contributed by atoms with Crippen LogP contribution in [0.4, 0.5) is 23.1 Å². The van der Waals surface area contributed by atoms with Crippen molar-refractivity contribution in [3.63, 3.8) is 0 Å². The summed E-state index contributed by atoms with van der Waals surface area (Å²) in [6.07, 6.45) is 1.70. The van der Waals surface area contributed by atoms with Crippen molar-refractivity contribution in [1.82, 2.24) is 15.3 Å². The Kier molecular flexibility index (Phi) is 7.84. The molecule has 0 fully saturated rings. The van der Waals surface area contributed by atoms with E-state index in [0.717, 1.165) is 15.8 Å². The summed E-state index contributed by atoms with van der Waals surface area (Å²) in [5.74, 6) is 1.82. The molecule has 2 aromatic carbocycles. The minimum absolute atomic E-state index is 0.198. The molecule has 0 aliphatic carbocycles. The lowest BCUT2D eigenvalue weighted by Gasteiger charge is -2.25. The molecule has 0 amide bonds. The highest BCUT2D eigenvalue weighted by molar-refractivity contribution is 9.10. The fourth-order valence-electron chi connectivity index (χ4n) is 2.65. The van der Waals surface area contributed by atoms with Gasteiger partial charge in [0.15, 0.2) is 0 Å². The average Bonchev–Trinajstić information content (AvgIpc) is 2.75. The maximum absolute atomic E-state index is 10.4. The fraction of sp³-hybridized carbons (Fsp3) is 0.304. The van der Waals surface area contributed by atoms with Crippen LogP contribution in [-0.4, -0.2) is 39.9 Å². The number of nitrogens with zero attached hydrogens (tertiary/aromatic N) is 2. The maximum Gasteiger partial charge on any atom is 0.229 e. The van der Waals surface area contributed by atoms with Gasteiger partial charge in [0.2, 0.25) is 5.95 Å². The molecule has 3 rings (SSSR count). The van der Waals surface area contributed by atoms with Crippen LogP contribution in [0, 0.1) is 0 Å². The molecule has 3 aromatic rings. The van der Waals surface area contributed by atoms with E-state index in [1.807, 2.05) is 68.4 Å². The van der Waals surface area contributed by atoms with E-state index in [4.69, 9.17) is 4.74 Å². The van der Waals surface area contributed by atoms with Crippen molar-refractivity contribution in [2.45, 2.75) is 32.4 Å². The molecular formula is C23H28BrN5O2. The molecule has 0 saturated carbocycles. The lowest BCUT2D eigenvalue weighted by Crippen LogP contribution is -2.44. The van der Waals surface area contributed by atoms with E-state index in [1.165, 1.54) is 0 Å². The third-order valence-electron chi connectivity index (χ3n) is 4.33. The minimum Gasteiger partial charge on any atom is -0.491 e. The average molecular weight is 486 g/mol. The molecule has 0 aliphatic heterocycles. The van der Waals surface area contributed by atoms with Crippen LogP contribution in [0.25, 0.3) is 0 Å². The van der Waals surface area contributed by atoms with Gasteiger partial charge in [-0.25, -0.2) is 4.98 Å². The smallest absolute Gasteiger partial charge is 0.229 e. The summed E-state index contributed by atoms with van der Waals surface area (Å²) in [5.41, 5.74) is 0.816. The van der Waals surface area contributed by atoms with Gasteiger partial charge in [-0.05, 0) is 59.3 Å². The lowest BCUT2D eigenvalue weighted by molar-refractivity contribution is 0.0109. The van der Waals surface area contributed by atoms with Crippen LogP contribution in [0.2, 0.25) is 0 Å². The van der Waals surface area contributed by atoms with Crippen LogP contribution < -0.4 is 20.7 Å². The summed E-state index contributed by atoms with van der Waals surface area (Å²) in [6.45, 7) is 6.50. The fourth-order valence-corrected chi connectivity index (χ4v) is 2.94. The first kappa shape index (κ1) is 23.0. The first-order chi connectivity index (χ1) is 14.8. The molecule has 4 N–H and O–H groups in total. The topological polar surface area (TPSA) is 91.3 Å². The standard InChI is InChI=1S/C23H28BrN5O2/c1-16(2)26-14-23(3,30)15-31-19-11-9-18(10-12-19)28-22-25-13-20(24)21(29-22)27-17-7-5-4-6-8-17/h4-13,16,26,30H,14-15H2,1-3H3,(H2,25,27,28,29). The zero-order valence-corrected chi connectivity index (χ0v) is 19.5. The third-order valence-corrected chi connectivity index (χ3v) is 4.91. The molecule has 1 unspecified atom stereocenters. The molecule has 0 spiro atoms. The number of anilines is 4. The van der Waals surface area contributed by atoms with Crippen molar-refractivity contribution in [2.75, 3.05) is 23.8 Å². The lowest BCUT2D eigenvalue weighted by atomic mass is 10.1. The number of ether oxygens (including phenoxy) is 1. The molecule has 1 aromatic heterocycles. The highest BCUT2D eigenvalue weighted by atomic mass is 79.9. The number of nitrogens with one attached hydrogen (secondary N) is 3. The number of halogens is 1. The van der Waals surface area contributed by atoms with Crippen LogP contribution >= 0.6 is 15.9 Å². The van der Waals surface area contributed by atoms with Crippen LogP contribution in [0.1, 0.15) is 20.8 Å². The largest absolute Gasteiger partial charge is 0.491 e. The molecule has 1 heterocycles. The highest BCUT2D eigenvalue weighted by Crippen LogP contribution is 2.26. The van der Waals surface area contributed by atoms with Crippen LogP contribution in [0.5, 0.6) is 5.75 Å². The Morgan fingerprint density at radius 3 is 2.39 bits per heavy atom. The van der Waals surface area contributed by atoms with Crippen molar-refractivity contribution in [1.29, 1.82) is 0 Å². The zero-order valence-electron chi connectivity index (χ0n) is 17.9. The molecular weight excluding hydrogens is 458 g/mol. The quantitative estimate of drug-likeness (QED) is 0.326. The van der Waals surface area contributed by atoms with E-state index >= 15 is 0 Å². The van der Waals surface area contributed by atoms with Crippen LogP contribution in [-0.2, 0) is 0 Å². The SMILES string of the molecule is CC(C)NCC(C)(O)COc1ccc(Nc2ncc(Br)c(Nc3ccccc3)n2)cc1. The number of benzene rings is 2. The van der Waals surface area contributed by atoms with Gasteiger partial charge in [-0.2, -0.15) is 4.98 Å². The molecule has 7 nitrogen and oxygen atoms in total. The van der Waals surface area contributed by atoms with E-state index in [-0.39, 0.29) is 6.61 Å². The van der Waals surface area contributed by atoms with Gasteiger partial charge in [0.05, 0.1) is 4.47 Å². The normalized spacial score (nSPS) is 13.0. The number of hydrogen-bond donors (Lipinski definition) is 4. The summed E-state index contributed by atoms with van der Waals surface area (Å²) in [5, 5.41) is 20.1. The molecule has 0 aliphatic rings. The Morgan fingerprint density at radius 1 is 1.03 bits per heavy atom. The van der Waals surface area contributed by atoms with Gasteiger partial charge in [0.25, 0.3) is 0 Å². The van der Waals surface area contributed by atoms with Crippen molar-refractivity contribution in [3.8, 4) is 5.75 Å². The van der Waals surface area contributed by atoms with E-state index in [9.17, 15) is 5.11 Å². The summed E-state index contributed by atoms with van der Waals surface area (Å²) in [7, 11) is 0. The molecule has 0 saturated heterocycles. The predicted octanol–water partition coefficient (Wildman–Crippen LogP) is 4.85. The molecule has 0 bridgehead atoms. The van der Waals surface area contributed by atoms with Crippen LogP contribution in [0.3, 0.4) is 0 Å². The van der Waals surface area contributed by atoms with Gasteiger partial charge in [-0.15, -0.1) is 0 Å². The summed E-state index contributed by atoms with van der Waals surface area (Å²) in [4.78, 5) is 8.86.